The molecule has 0 aromatic heterocycles. The minimum absolute atomic E-state index is 0.152. The Hall–Kier alpha value is -4.06. The Kier molecular flexibility index (Phi) is 6.27. The Balaban J connectivity index is 1.23. The van der Waals surface area contributed by atoms with Crippen LogP contribution in [0.25, 0.3) is 0 Å². The quantitative estimate of drug-likeness (QED) is 0.269. The molecular weight excluding hydrogens is 442 g/mol. The summed E-state index contributed by atoms with van der Waals surface area (Å²) in [4.78, 5) is 51.7. The lowest BCUT2D eigenvalue weighted by atomic mass is 9.84. The first-order valence-corrected chi connectivity index (χ1v) is 11.9. The number of fused-ring (bicyclic) bond motifs is 1. The number of Topliss-reactive ketones (excluding diaryl/α,β-unsaturated/α-hetero) is 1. The Bertz CT molecular complexity index is 1270. The van der Waals surface area contributed by atoms with Crippen molar-refractivity contribution in [2.75, 3.05) is 11.5 Å². The lowest BCUT2D eigenvalue weighted by Gasteiger charge is -2.22. The van der Waals surface area contributed by atoms with Gasteiger partial charge in [0.15, 0.2) is 12.4 Å². The number of carbonyl (C=O) groups excluding carboxylic acids is 4. The van der Waals surface area contributed by atoms with Gasteiger partial charge in [0.25, 0.3) is 11.8 Å². The van der Waals surface area contributed by atoms with Gasteiger partial charge in [-0.25, -0.2) is 9.69 Å². The maximum Gasteiger partial charge on any atom is 0.338 e. The van der Waals surface area contributed by atoms with Gasteiger partial charge in [-0.1, -0.05) is 61.7 Å². The molecule has 35 heavy (non-hydrogen) atoms. The molecule has 1 fully saturated rings. The van der Waals surface area contributed by atoms with E-state index >= 15 is 0 Å². The molecule has 1 heterocycles. The van der Waals surface area contributed by atoms with Gasteiger partial charge in [-0.2, -0.15) is 0 Å². The maximum atomic E-state index is 12.7. The van der Waals surface area contributed by atoms with Crippen LogP contribution in [0.2, 0.25) is 0 Å². The van der Waals surface area contributed by atoms with E-state index in [2.05, 4.69) is 0 Å². The molecule has 3 aromatic carbocycles. The van der Waals surface area contributed by atoms with Crippen molar-refractivity contribution < 1.29 is 23.9 Å². The molecule has 1 aliphatic carbocycles. The van der Waals surface area contributed by atoms with Crippen LogP contribution in [0.4, 0.5) is 5.69 Å². The summed E-state index contributed by atoms with van der Waals surface area (Å²) in [5.74, 6) is -1.31. The van der Waals surface area contributed by atoms with Crippen molar-refractivity contribution in [3.8, 4) is 0 Å². The molecule has 3 aromatic rings. The van der Waals surface area contributed by atoms with Crippen molar-refractivity contribution in [2.45, 2.75) is 38.0 Å². The fourth-order valence-electron chi connectivity index (χ4n) is 4.87. The third kappa shape index (κ3) is 4.52. The molecular formula is C29H25NO5. The number of amides is 2. The molecule has 2 amide bonds. The Morgan fingerprint density at radius 3 is 2.09 bits per heavy atom. The van der Waals surface area contributed by atoms with Crippen molar-refractivity contribution in [3.05, 3.63) is 101 Å². The third-order valence-corrected chi connectivity index (χ3v) is 6.78. The molecule has 0 bridgehead atoms. The molecule has 0 unspecified atom stereocenters. The van der Waals surface area contributed by atoms with Gasteiger partial charge in [-0.15, -0.1) is 0 Å². The monoisotopic (exact) mass is 467 g/mol. The zero-order valence-electron chi connectivity index (χ0n) is 19.2. The summed E-state index contributed by atoms with van der Waals surface area (Å²) >= 11 is 0. The minimum Gasteiger partial charge on any atom is -0.454 e. The number of hydrogen-bond donors (Lipinski definition) is 0. The average molecular weight is 468 g/mol. The Morgan fingerprint density at radius 2 is 1.43 bits per heavy atom. The predicted molar refractivity (Wildman–Crippen MR) is 131 cm³/mol. The van der Waals surface area contributed by atoms with Gasteiger partial charge in [-0.3, -0.25) is 14.4 Å². The Labute approximate surface area is 203 Å². The van der Waals surface area contributed by atoms with Crippen LogP contribution in [0, 0.1) is 0 Å². The number of carbonyl (C=O) groups is 4. The summed E-state index contributed by atoms with van der Waals surface area (Å²) in [5, 5.41) is 0. The molecule has 1 aliphatic heterocycles. The molecule has 1 saturated carbocycles. The summed E-state index contributed by atoms with van der Waals surface area (Å²) in [7, 11) is 0. The van der Waals surface area contributed by atoms with Crippen LogP contribution in [0.1, 0.15) is 85.0 Å². The first kappa shape index (κ1) is 22.7. The number of nitrogens with zero attached hydrogens (tertiary/aromatic N) is 1. The zero-order valence-corrected chi connectivity index (χ0v) is 19.2. The molecule has 0 radical (unpaired) electrons. The first-order chi connectivity index (χ1) is 17.0. The second-order valence-corrected chi connectivity index (χ2v) is 9.00. The van der Waals surface area contributed by atoms with Gasteiger partial charge in [0.2, 0.25) is 0 Å². The second kappa shape index (κ2) is 9.66. The van der Waals surface area contributed by atoms with Crippen LogP contribution >= 0.6 is 0 Å². The minimum atomic E-state index is -0.698. The van der Waals surface area contributed by atoms with Crippen LogP contribution in [0.3, 0.4) is 0 Å². The number of benzene rings is 3. The summed E-state index contributed by atoms with van der Waals surface area (Å²) < 4.78 is 5.25. The molecule has 0 atom stereocenters. The number of hydrogen-bond acceptors (Lipinski definition) is 5. The fraction of sp³-hybridized carbons (Fsp3) is 0.241. The van der Waals surface area contributed by atoms with E-state index in [4.69, 9.17) is 4.74 Å². The lowest BCUT2D eigenvalue weighted by Crippen LogP contribution is -2.29. The third-order valence-electron chi connectivity index (χ3n) is 6.78. The highest BCUT2D eigenvalue weighted by Gasteiger charge is 2.36. The van der Waals surface area contributed by atoms with Gasteiger partial charge in [-0.05, 0) is 54.7 Å². The number of ketones is 1. The highest BCUT2D eigenvalue weighted by atomic mass is 16.5. The number of ether oxygens (including phenoxy) is 1. The van der Waals surface area contributed by atoms with Crippen LogP contribution in [-0.4, -0.2) is 30.2 Å². The summed E-state index contributed by atoms with van der Waals surface area (Å²) in [5.41, 5.74) is 2.83. The highest BCUT2D eigenvalue weighted by Crippen LogP contribution is 2.33. The van der Waals surface area contributed by atoms with Crippen molar-refractivity contribution >= 4 is 29.3 Å². The van der Waals surface area contributed by atoms with Crippen molar-refractivity contribution in [1.29, 1.82) is 0 Å². The molecule has 176 valence electrons. The second-order valence-electron chi connectivity index (χ2n) is 9.00. The van der Waals surface area contributed by atoms with Gasteiger partial charge in [0.1, 0.15) is 0 Å². The Morgan fingerprint density at radius 1 is 0.771 bits per heavy atom. The van der Waals surface area contributed by atoms with Gasteiger partial charge in [0, 0.05) is 5.56 Å². The normalized spacial score (nSPS) is 15.7. The topological polar surface area (TPSA) is 80.8 Å². The van der Waals surface area contributed by atoms with Crippen molar-refractivity contribution in [2.24, 2.45) is 0 Å². The van der Waals surface area contributed by atoms with E-state index < -0.39 is 24.4 Å². The smallest absolute Gasteiger partial charge is 0.338 e. The van der Waals surface area contributed by atoms with Gasteiger partial charge >= 0.3 is 5.97 Å². The van der Waals surface area contributed by atoms with Crippen LogP contribution in [0.5, 0.6) is 0 Å². The van der Waals surface area contributed by atoms with Gasteiger partial charge in [0.05, 0.1) is 22.4 Å². The van der Waals surface area contributed by atoms with E-state index in [-0.39, 0.29) is 17.0 Å². The van der Waals surface area contributed by atoms with E-state index in [1.807, 2.05) is 12.1 Å². The largest absolute Gasteiger partial charge is 0.454 e. The van der Waals surface area contributed by atoms with Crippen LogP contribution in [0.15, 0.2) is 72.8 Å². The van der Waals surface area contributed by atoms with E-state index in [1.165, 1.54) is 49.8 Å². The van der Waals surface area contributed by atoms with Crippen molar-refractivity contribution in [3.63, 3.8) is 0 Å². The maximum absolute atomic E-state index is 12.7. The lowest BCUT2D eigenvalue weighted by molar-refractivity contribution is 0.0474. The number of imide groups is 1. The molecule has 6 heteroatoms. The molecule has 5 rings (SSSR count). The number of rotatable bonds is 6. The van der Waals surface area contributed by atoms with Crippen LogP contribution in [-0.2, 0) is 4.74 Å². The SMILES string of the molecule is O=C(COC(=O)c1cccc(N2C(=O)c3ccccc3C2=O)c1)c1ccc(C2CCCCC2)cc1. The summed E-state index contributed by atoms with van der Waals surface area (Å²) in [6.45, 7) is -0.390. The highest BCUT2D eigenvalue weighted by molar-refractivity contribution is 6.34. The molecule has 0 N–H and O–H groups in total. The number of anilines is 1. The van der Waals surface area contributed by atoms with Crippen molar-refractivity contribution in [1.82, 2.24) is 0 Å². The van der Waals surface area contributed by atoms with Gasteiger partial charge < -0.3 is 4.74 Å². The fourth-order valence-corrected chi connectivity index (χ4v) is 4.87. The van der Waals surface area contributed by atoms with E-state index in [0.717, 1.165) is 4.90 Å². The van der Waals surface area contributed by atoms with E-state index in [0.29, 0.717) is 22.6 Å². The summed E-state index contributed by atoms with van der Waals surface area (Å²) in [6.07, 6.45) is 6.15. The zero-order chi connectivity index (χ0) is 24.4. The molecule has 0 saturated heterocycles. The standard InChI is InChI=1S/C29H25NO5/c31-26(21-15-13-20(14-16-21)19-7-2-1-3-8-19)18-35-29(34)22-9-6-10-23(17-22)30-27(32)24-11-4-5-12-25(24)28(30)33/h4-6,9-17,19H,1-3,7-8,18H2. The predicted octanol–water partition coefficient (Wildman–Crippen LogP) is 5.57. The summed E-state index contributed by atoms with van der Waals surface area (Å²) in [6, 6.07) is 20.3. The first-order valence-electron chi connectivity index (χ1n) is 11.9. The number of esters is 1. The average Bonchev–Trinajstić information content (AvgIpc) is 3.17. The molecule has 2 aliphatic rings. The molecule has 6 nitrogen and oxygen atoms in total. The van der Waals surface area contributed by atoms with E-state index in [9.17, 15) is 19.2 Å². The van der Waals surface area contributed by atoms with E-state index in [1.54, 1.807) is 48.5 Å². The van der Waals surface area contributed by atoms with Crippen LogP contribution < -0.4 is 4.90 Å². The molecule has 0 spiro atoms.